The van der Waals surface area contributed by atoms with Crippen LogP contribution in [0.25, 0.3) is 0 Å². The Morgan fingerprint density at radius 3 is 2.69 bits per heavy atom. The summed E-state index contributed by atoms with van der Waals surface area (Å²) < 4.78 is 13.1. The van der Waals surface area contributed by atoms with Crippen LogP contribution >= 0.6 is 0 Å². The van der Waals surface area contributed by atoms with Gasteiger partial charge in [-0.25, -0.2) is 0 Å². The Labute approximate surface area is 156 Å². The van der Waals surface area contributed by atoms with Gasteiger partial charge in [0.1, 0.15) is 0 Å². The maximum Gasteiger partial charge on any atom is 0.481 e. The fourth-order valence-electron chi connectivity index (χ4n) is 6.14. The molecule has 0 aromatic heterocycles. The lowest BCUT2D eigenvalue weighted by atomic mass is 9.43. The smallest absolute Gasteiger partial charge is 0.404 e. The van der Waals surface area contributed by atoms with E-state index in [1.165, 1.54) is 6.42 Å². The van der Waals surface area contributed by atoms with E-state index in [4.69, 9.17) is 9.31 Å². The zero-order chi connectivity index (χ0) is 18.1. The summed E-state index contributed by atoms with van der Waals surface area (Å²) in [4.78, 5) is 15.0. The molecular formula is C21H28BNO3. The number of amides is 1. The molecule has 1 aromatic rings. The Kier molecular flexibility index (Phi) is 3.61. The largest absolute Gasteiger partial charge is 0.481 e. The molecule has 2 saturated heterocycles. The van der Waals surface area contributed by atoms with Crippen LogP contribution in [0.4, 0.5) is 0 Å². The SMILES string of the molecule is CC1(C)C2CC3OB(C4CCCN4C(=O)c4ccccc4)OC3(C)C1C2. The first kappa shape index (κ1) is 16.8. The van der Waals surface area contributed by atoms with Crippen molar-refractivity contribution in [3.63, 3.8) is 0 Å². The van der Waals surface area contributed by atoms with E-state index in [-0.39, 0.29) is 30.7 Å². The van der Waals surface area contributed by atoms with Crippen LogP contribution in [0.2, 0.25) is 0 Å². The first-order chi connectivity index (χ1) is 12.4. The minimum Gasteiger partial charge on any atom is -0.404 e. The lowest BCUT2D eigenvalue weighted by molar-refractivity contribution is -0.199. The van der Waals surface area contributed by atoms with E-state index in [1.54, 1.807) is 0 Å². The summed E-state index contributed by atoms with van der Waals surface area (Å²) in [5.41, 5.74) is 0.899. The second-order valence-corrected chi connectivity index (χ2v) is 9.41. The maximum atomic E-state index is 13.0. The Morgan fingerprint density at radius 2 is 1.96 bits per heavy atom. The lowest BCUT2D eigenvalue weighted by Crippen LogP contribution is -2.65. The molecule has 2 bridgehead atoms. The quantitative estimate of drug-likeness (QED) is 0.763. The predicted octanol–water partition coefficient (Wildman–Crippen LogP) is 3.56. The summed E-state index contributed by atoms with van der Waals surface area (Å²) in [5.74, 6) is 1.44. The second kappa shape index (κ2) is 5.59. The standard InChI is InChI=1S/C21H28BNO3/c1-20(2)15-12-16(20)21(3)17(13-15)25-22(26-21)18-10-7-11-23(18)19(24)14-8-5-4-6-9-14/h4-6,8-9,15-18H,7,10-13H2,1-3H3. The number of nitrogens with zero attached hydrogens (tertiary/aromatic N) is 1. The third-order valence-corrected chi connectivity index (χ3v) is 7.86. The fourth-order valence-corrected chi connectivity index (χ4v) is 6.14. The molecule has 0 N–H and O–H groups in total. The molecule has 26 heavy (non-hydrogen) atoms. The van der Waals surface area contributed by atoms with Crippen molar-refractivity contribution in [2.24, 2.45) is 17.3 Å². The molecule has 5 heteroatoms. The van der Waals surface area contributed by atoms with Crippen molar-refractivity contribution in [3.05, 3.63) is 35.9 Å². The summed E-state index contributed by atoms with van der Waals surface area (Å²) in [7, 11) is -0.282. The van der Waals surface area contributed by atoms with Gasteiger partial charge in [-0.2, -0.15) is 0 Å². The van der Waals surface area contributed by atoms with E-state index in [2.05, 4.69) is 20.8 Å². The lowest BCUT2D eigenvalue weighted by Gasteiger charge is -2.64. The number of likely N-dealkylation sites (tertiary alicyclic amines) is 1. The van der Waals surface area contributed by atoms with Crippen LogP contribution in [0.1, 0.15) is 56.8 Å². The highest BCUT2D eigenvalue weighted by atomic mass is 16.7. The van der Waals surface area contributed by atoms with E-state index in [9.17, 15) is 4.79 Å². The summed E-state index contributed by atoms with van der Waals surface area (Å²) in [6.45, 7) is 7.80. The van der Waals surface area contributed by atoms with Gasteiger partial charge >= 0.3 is 7.12 Å². The van der Waals surface area contributed by atoms with Gasteiger partial charge in [-0.3, -0.25) is 4.79 Å². The molecule has 5 unspecified atom stereocenters. The molecule has 2 heterocycles. The predicted molar refractivity (Wildman–Crippen MR) is 101 cm³/mol. The van der Waals surface area contributed by atoms with E-state index in [1.807, 2.05) is 35.2 Å². The molecule has 0 spiro atoms. The molecule has 1 amide bonds. The normalized spacial score (nSPS) is 40.3. The minimum atomic E-state index is -0.282. The number of carbonyl (C=O) groups is 1. The zero-order valence-electron chi connectivity index (χ0n) is 16.0. The third kappa shape index (κ3) is 2.19. The molecule has 5 aliphatic rings. The monoisotopic (exact) mass is 353 g/mol. The van der Waals surface area contributed by atoms with Crippen molar-refractivity contribution < 1.29 is 14.1 Å². The minimum absolute atomic E-state index is 0.0328. The Hall–Kier alpha value is -1.33. The van der Waals surface area contributed by atoms with Gasteiger partial charge in [-0.15, -0.1) is 0 Å². The van der Waals surface area contributed by atoms with Crippen LogP contribution in [0.15, 0.2) is 30.3 Å². The Balaban J connectivity index is 1.37. The van der Waals surface area contributed by atoms with E-state index >= 15 is 0 Å². The topological polar surface area (TPSA) is 38.8 Å². The molecule has 0 radical (unpaired) electrons. The van der Waals surface area contributed by atoms with Crippen LogP contribution in [0.5, 0.6) is 0 Å². The fraction of sp³-hybridized carbons (Fsp3) is 0.667. The molecule has 3 saturated carbocycles. The summed E-state index contributed by atoms with van der Waals surface area (Å²) in [6.07, 6.45) is 4.51. The Bertz CT molecular complexity index is 723. The van der Waals surface area contributed by atoms with Gasteiger partial charge in [0.15, 0.2) is 0 Å². The molecule has 5 atom stereocenters. The van der Waals surface area contributed by atoms with Gasteiger partial charge in [-0.05, 0) is 62.0 Å². The highest BCUT2D eigenvalue weighted by Crippen LogP contribution is 2.65. The summed E-state index contributed by atoms with van der Waals surface area (Å²) in [5, 5.41) is 0. The van der Waals surface area contributed by atoms with Gasteiger partial charge in [0, 0.05) is 12.1 Å². The molecule has 2 aliphatic heterocycles. The van der Waals surface area contributed by atoms with Crippen LogP contribution in [-0.2, 0) is 9.31 Å². The van der Waals surface area contributed by atoms with E-state index < -0.39 is 0 Å². The van der Waals surface area contributed by atoms with Crippen LogP contribution in [-0.4, -0.2) is 42.1 Å². The summed E-state index contributed by atoms with van der Waals surface area (Å²) >= 11 is 0. The second-order valence-electron chi connectivity index (χ2n) is 9.41. The molecule has 6 rings (SSSR count). The van der Waals surface area contributed by atoms with E-state index in [0.717, 1.165) is 37.3 Å². The average molecular weight is 353 g/mol. The maximum absolute atomic E-state index is 13.0. The van der Waals surface area contributed by atoms with Gasteiger partial charge in [-0.1, -0.05) is 32.0 Å². The first-order valence-electron chi connectivity index (χ1n) is 10.1. The number of hydrogen-bond donors (Lipinski definition) is 0. The molecule has 3 aliphatic carbocycles. The Morgan fingerprint density at radius 1 is 1.19 bits per heavy atom. The van der Waals surface area contributed by atoms with Gasteiger partial charge in [0.05, 0.1) is 17.6 Å². The van der Waals surface area contributed by atoms with Crippen molar-refractivity contribution in [1.29, 1.82) is 0 Å². The molecule has 4 nitrogen and oxygen atoms in total. The van der Waals surface area contributed by atoms with Gasteiger partial charge < -0.3 is 14.2 Å². The van der Waals surface area contributed by atoms with Crippen molar-refractivity contribution in [3.8, 4) is 0 Å². The number of hydrogen-bond acceptors (Lipinski definition) is 3. The number of carbonyl (C=O) groups excluding carboxylic acids is 1. The van der Waals surface area contributed by atoms with Crippen molar-refractivity contribution in [2.45, 2.75) is 64.1 Å². The highest BCUT2D eigenvalue weighted by molar-refractivity contribution is 6.48. The average Bonchev–Trinajstić information content (AvgIpc) is 3.24. The number of benzene rings is 1. The van der Waals surface area contributed by atoms with Crippen LogP contribution in [0, 0.1) is 17.3 Å². The zero-order valence-corrected chi connectivity index (χ0v) is 16.0. The highest BCUT2D eigenvalue weighted by Gasteiger charge is 2.69. The van der Waals surface area contributed by atoms with Gasteiger partial charge in [0.2, 0.25) is 0 Å². The van der Waals surface area contributed by atoms with E-state index in [0.29, 0.717) is 11.3 Å². The molecule has 138 valence electrons. The molecular weight excluding hydrogens is 325 g/mol. The third-order valence-electron chi connectivity index (χ3n) is 7.86. The van der Waals surface area contributed by atoms with Gasteiger partial charge in [0.25, 0.3) is 5.91 Å². The number of rotatable bonds is 2. The van der Waals surface area contributed by atoms with Crippen LogP contribution in [0.3, 0.4) is 0 Å². The molecule has 5 fully saturated rings. The summed E-state index contributed by atoms with van der Waals surface area (Å²) in [6, 6.07) is 9.58. The van der Waals surface area contributed by atoms with Crippen molar-refractivity contribution in [1.82, 2.24) is 4.90 Å². The first-order valence-corrected chi connectivity index (χ1v) is 10.1. The van der Waals surface area contributed by atoms with Crippen LogP contribution < -0.4 is 0 Å². The molecule has 1 aromatic carbocycles. The van der Waals surface area contributed by atoms with Crippen molar-refractivity contribution >= 4 is 13.0 Å². The van der Waals surface area contributed by atoms with Crippen molar-refractivity contribution in [2.75, 3.05) is 6.54 Å².